The van der Waals surface area contributed by atoms with Crippen LogP contribution in [-0.2, 0) is 0 Å². The number of ether oxygens (including phenoxy) is 1. The predicted octanol–water partition coefficient (Wildman–Crippen LogP) is 4.27. The minimum atomic E-state index is -0.589. The number of rotatable bonds is 6. The van der Waals surface area contributed by atoms with Crippen molar-refractivity contribution in [1.82, 2.24) is 0 Å². The van der Waals surface area contributed by atoms with Gasteiger partial charge in [0.2, 0.25) is 0 Å². The van der Waals surface area contributed by atoms with Gasteiger partial charge in [-0.1, -0.05) is 12.2 Å². The highest BCUT2D eigenvalue weighted by atomic mass is 16.5. The molecule has 0 heterocycles. The second kappa shape index (κ2) is 6.76. The van der Waals surface area contributed by atoms with Crippen molar-refractivity contribution in [3.8, 4) is 5.75 Å². The van der Waals surface area contributed by atoms with E-state index >= 15 is 0 Å². The molecule has 1 aromatic rings. The summed E-state index contributed by atoms with van der Waals surface area (Å²) in [5.41, 5.74) is 3.01. The molecule has 0 unspecified atom stereocenters. The number of aliphatic hydroxyl groups is 1. The molecule has 19 heavy (non-hydrogen) atoms. The summed E-state index contributed by atoms with van der Waals surface area (Å²) in [4.78, 5) is 0. The minimum Gasteiger partial charge on any atom is -0.494 e. The Hall–Kier alpha value is -1.28. The monoisotopic (exact) mass is 262 g/mol. The van der Waals surface area contributed by atoms with Gasteiger partial charge in [0.25, 0.3) is 0 Å². The molecule has 0 fully saturated rings. The van der Waals surface area contributed by atoms with Crippen molar-refractivity contribution in [3.05, 3.63) is 34.9 Å². The molecule has 0 radical (unpaired) electrons. The Bertz CT molecular complexity index is 439. The summed E-state index contributed by atoms with van der Waals surface area (Å²) < 4.78 is 5.59. The van der Waals surface area contributed by atoms with Gasteiger partial charge in [-0.2, -0.15) is 0 Å². The van der Waals surface area contributed by atoms with E-state index in [4.69, 9.17) is 4.74 Å². The quantitative estimate of drug-likeness (QED) is 0.829. The summed E-state index contributed by atoms with van der Waals surface area (Å²) in [6, 6.07) is 4.25. The topological polar surface area (TPSA) is 29.5 Å². The second-order valence-electron chi connectivity index (χ2n) is 5.66. The van der Waals surface area contributed by atoms with E-state index in [0.717, 1.165) is 24.2 Å². The average Bonchev–Trinajstić information content (AvgIpc) is 2.29. The fourth-order valence-corrected chi connectivity index (χ4v) is 1.95. The summed E-state index contributed by atoms with van der Waals surface area (Å²) in [6.07, 6.45) is 5.91. The highest BCUT2D eigenvalue weighted by Crippen LogP contribution is 2.24. The van der Waals surface area contributed by atoms with Crippen molar-refractivity contribution in [2.24, 2.45) is 0 Å². The van der Waals surface area contributed by atoms with Gasteiger partial charge in [-0.25, -0.2) is 0 Å². The minimum absolute atomic E-state index is 0.589. The molecule has 0 spiro atoms. The van der Waals surface area contributed by atoms with Crippen LogP contribution in [0.5, 0.6) is 5.75 Å². The molecule has 0 aliphatic heterocycles. The van der Waals surface area contributed by atoms with Crippen LogP contribution in [0.4, 0.5) is 0 Å². The van der Waals surface area contributed by atoms with Gasteiger partial charge in [0.05, 0.1) is 12.2 Å². The van der Waals surface area contributed by atoms with Gasteiger partial charge >= 0.3 is 0 Å². The second-order valence-corrected chi connectivity index (χ2v) is 5.66. The van der Waals surface area contributed by atoms with E-state index in [2.05, 4.69) is 38.1 Å². The lowest BCUT2D eigenvalue weighted by Crippen LogP contribution is -2.17. The van der Waals surface area contributed by atoms with Crippen LogP contribution in [0.3, 0.4) is 0 Å². The first kappa shape index (κ1) is 15.8. The van der Waals surface area contributed by atoms with E-state index in [0.29, 0.717) is 6.61 Å². The van der Waals surface area contributed by atoms with Crippen molar-refractivity contribution < 1.29 is 9.84 Å². The molecule has 106 valence electrons. The van der Waals surface area contributed by atoms with E-state index in [1.807, 2.05) is 20.8 Å². The third-order valence-electron chi connectivity index (χ3n) is 3.08. The largest absolute Gasteiger partial charge is 0.494 e. The van der Waals surface area contributed by atoms with Crippen molar-refractivity contribution in [1.29, 1.82) is 0 Å². The Morgan fingerprint density at radius 2 is 1.89 bits per heavy atom. The van der Waals surface area contributed by atoms with Gasteiger partial charge in [-0.3, -0.25) is 0 Å². The number of hydrogen-bond donors (Lipinski definition) is 1. The molecule has 0 bridgehead atoms. The fraction of sp³-hybridized carbons (Fsp3) is 0.529. The third kappa shape index (κ3) is 5.48. The van der Waals surface area contributed by atoms with Crippen LogP contribution in [-0.4, -0.2) is 17.3 Å². The number of hydrogen-bond acceptors (Lipinski definition) is 2. The third-order valence-corrected chi connectivity index (χ3v) is 3.08. The van der Waals surface area contributed by atoms with Crippen LogP contribution >= 0.6 is 0 Å². The molecule has 0 saturated carbocycles. The van der Waals surface area contributed by atoms with Crippen LogP contribution < -0.4 is 4.74 Å². The van der Waals surface area contributed by atoms with Crippen LogP contribution in [0.1, 0.15) is 50.3 Å². The Labute approximate surface area is 117 Å². The van der Waals surface area contributed by atoms with E-state index in [1.54, 1.807) is 0 Å². The Balaban J connectivity index is 2.74. The molecule has 1 aromatic carbocycles. The SMILES string of the molecule is CCOc1cc(C)c(/C=C/CCC(C)(C)O)cc1C. The molecule has 0 aliphatic carbocycles. The lowest BCUT2D eigenvalue weighted by molar-refractivity contribution is 0.0722. The van der Waals surface area contributed by atoms with E-state index in [9.17, 15) is 5.11 Å². The van der Waals surface area contributed by atoms with E-state index in [-0.39, 0.29) is 0 Å². The zero-order valence-electron chi connectivity index (χ0n) is 12.8. The fourth-order valence-electron chi connectivity index (χ4n) is 1.95. The zero-order valence-corrected chi connectivity index (χ0v) is 12.8. The molecule has 0 saturated heterocycles. The van der Waals surface area contributed by atoms with Gasteiger partial charge in [-0.05, 0) is 76.3 Å². The molecule has 0 atom stereocenters. The molecule has 2 heteroatoms. The lowest BCUT2D eigenvalue weighted by atomic mass is 10.0. The Morgan fingerprint density at radius 3 is 2.47 bits per heavy atom. The summed E-state index contributed by atoms with van der Waals surface area (Å²) in [5.74, 6) is 0.966. The molecular weight excluding hydrogens is 236 g/mol. The molecular formula is C17H26O2. The zero-order chi connectivity index (χ0) is 14.5. The highest BCUT2D eigenvalue weighted by molar-refractivity contribution is 5.57. The van der Waals surface area contributed by atoms with Crippen molar-refractivity contribution in [2.45, 2.75) is 53.1 Å². The molecule has 0 aromatic heterocycles. The van der Waals surface area contributed by atoms with E-state index < -0.39 is 5.60 Å². The maximum atomic E-state index is 9.66. The molecule has 1 rings (SSSR count). The van der Waals surface area contributed by atoms with Crippen LogP contribution in [0, 0.1) is 13.8 Å². The smallest absolute Gasteiger partial charge is 0.122 e. The van der Waals surface area contributed by atoms with Crippen molar-refractivity contribution in [3.63, 3.8) is 0 Å². The molecule has 2 nitrogen and oxygen atoms in total. The summed E-state index contributed by atoms with van der Waals surface area (Å²) in [6.45, 7) is 10.5. The van der Waals surface area contributed by atoms with Crippen LogP contribution in [0.15, 0.2) is 18.2 Å². The normalized spacial score (nSPS) is 12.1. The molecule has 0 amide bonds. The lowest BCUT2D eigenvalue weighted by Gasteiger charge is -2.15. The van der Waals surface area contributed by atoms with Crippen molar-refractivity contribution in [2.75, 3.05) is 6.61 Å². The first-order valence-corrected chi connectivity index (χ1v) is 6.96. The number of aryl methyl sites for hydroxylation is 2. The van der Waals surface area contributed by atoms with Crippen molar-refractivity contribution >= 4 is 6.08 Å². The standard InChI is InChI=1S/C17H26O2/c1-6-19-16-12-13(2)15(11-14(16)3)9-7-8-10-17(4,5)18/h7,9,11-12,18H,6,8,10H2,1-5H3/b9-7+. The van der Waals surface area contributed by atoms with Gasteiger partial charge in [0, 0.05) is 0 Å². The van der Waals surface area contributed by atoms with Crippen LogP contribution in [0.25, 0.3) is 6.08 Å². The summed E-state index contributed by atoms with van der Waals surface area (Å²) >= 11 is 0. The molecule has 0 aliphatic rings. The summed E-state index contributed by atoms with van der Waals surface area (Å²) in [7, 11) is 0. The maximum Gasteiger partial charge on any atom is 0.122 e. The molecule has 1 N–H and O–H groups in total. The van der Waals surface area contributed by atoms with Gasteiger partial charge in [-0.15, -0.1) is 0 Å². The highest BCUT2D eigenvalue weighted by Gasteiger charge is 2.10. The van der Waals surface area contributed by atoms with Gasteiger partial charge in [0.1, 0.15) is 5.75 Å². The van der Waals surface area contributed by atoms with Crippen LogP contribution in [0.2, 0.25) is 0 Å². The Kier molecular flexibility index (Phi) is 5.61. The predicted molar refractivity (Wildman–Crippen MR) is 81.7 cm³/mol. The van der Waals surface area contributed by atoms with E-state index in [1.165, 1.54) is 11.1 Å². The van der Waals surface area contributed by atoms with Gasteiger partial charge < -0.3 is 9.84 Å². The first-order valence-electron chi connectivity index (χ1n) is 6.96. The Morgan fingerprint density at radius 1 is 1.21 bits per heavy atom. The van der Waals surface area contributed by atoms with Gasteiger partial charge in [0.15, 0.2) is 0 Å². The summed E-state index contributed by atoms with van der Waals surface area (Å²) in [5, 5.41) is 9.66. The number of allylic oxidation sites excluding steroid dienone is 1. The first-order chi connectivity index (χ1) is 8.83. The number of benzene rings is 1. The maximum absolute atomic E-state index is 9.66. The average molecular weight is 262 g/mol.